The fourth-order valence-corrected chi connectivity index (χ4v) is 2.31. The molecule has 0 fully saturated rings. The van der Waals surface area contributed by atoms with Gasteiger partial charge in [-0.15, -0.1) is 0 Å². The third-order valence-corrected chi connectivity index (χ3v) is 4.04. The minimum absolute atomic E-state index is 0.0929. The summed E-state index contributed by atoms with van der Waals surface area (Å²) < 4.78 is 18.8. The van der Waals surface area contributed by atoms with Crippen LogP contribution in [0.2, 0.25) is 0 Å². The van der Waals surface area contributed by atoms with Gasteiger partial charge in [-0.05, 0) is 37.7 Å². The molecule has 0 aliphatic rings. The van der Waals surface area contributed by atoms with Crippen molar-refractivity contribution in [1.29, 1.82) is 0 Å². The highest BCUT2D eigenvalue weighted by molar-refractivity contribution is 5.81. The predicted molar refractivity (Wildman–Crippen MR) is 92.2 cm³/mol. The highest BCUT2D eigenvalue weighted by Crippen LogP contribution is 2.12. The SMILES string of the molecule is COc1ccc(CNC(=O)[C@H](C)N(C)Cc2ccccc2F)cc1. The second-order valence-corrected chi connectivity index (χ2v) is 5.75. The van der Waals surface area contributed by atoms with Crippen molar-refractivity contribution in [3.8, 4) is 5.75 Å². The van der Waals surface area contributed by atoms with Crippen molar-refractivity contribution in [2.24, 2.45) is 0 Å². The number of nitrogens with zero attached hydrogens (tertiary/aromatic N) is 1. The van der Waals surface area contributed by atoms with Crippen LogP contribution in [0.3, 0.4) is 0 Å². The van der Waals surface area contributed by atoms with E-state index in [1.165, 1.54) is 6.07 Å². The molecule has 0 radical (unpaired) electrons. The van der Waals surface area contributed by atoms with Gasteiger partial charge in [0.2, 0.25) is 5.91 Å². The van der Waals surface area contributed by atoms with Crippen LogP contribution in [0.25, 0.3) is 0 Å². The first kappa shape index (κ1) is 17.9. The molecule has 0 aliphatic heterocycles. The van der Waals surface area contributed by atoms with Crippen molar-refractivity contribution in [3.63, 3.8) is 0 Å². The molecule has 2 aromatic rings. The van der Waals surface area contributed by atoms with Gasteiger partial charge >= 0.3 is 0 Å². The highest BCUT2D eigenvalue weighted by atomic mass is 19.1. The third-order valence-electron chi connectivity index (χ3n) is 4.04. The first-order valence-corrected chi connectivity index (χ1v) is 7.85. The van der Waals surface area contributed by atoms with Gasteiger partial charge in [-0.3, -0.25) is 9.69 Å². The number of ether oxygens (including phenoxy) is 1. The molecule has 0 spiro atoms. The van der Waals surface area contributed by atoms with Crippen LogP contribution in [0.1, 0.15) is 18.1 Å². The zero-order valence-corrected chi connectivity index (χ0v) is 14.3. The topological polar surface area (TPSA) is 41.6 Å². The van der Waals surface area contributed by atoms with Gasteiger partial charge in [0, 0.05) is 18.7 Å². The molecule has 2 rings (SSSR count). The van der Waals surface area contributed by atoms with Gasteiger partial charge in [0.1, 0.15) is 11.6 Å². The Balaban J connectivity index is 1.87. The summed E-state index contributed by atoms with van der Waals surface area (Å²) in [5.74, 6) is 0.433. The van der Waals surface area contributed by atoms with E-state index in [1.807, 2.05) is 43.1 Å². The molecule has 4 nitrogen and oxygen atoms in total. The summed E-state index contributed by atoms with van der Waals surface area (Å²) in [6, 6.07) is 13.8. The van der Waals surface area contributed by atoms with E-state index >= 15 is 0 Å². The zero-order valence-electron chi connectivity index (χ0n) is 14.3. The largest absolute Gasteiger partial charge is 0.497 e. The van der Waals surface area contributed by atoms with Gasteiger partial charge in [0.15, 0.2) is 0 Å². The van der Waals surface area contributed by atoms with Gasteiger partial charge in [0.05, 0.1) is 13.2 Å². The lowest BCUT2D eigenvalue weighted by Gasteiger charge is -2.24. The Morgan fingerprint density at radius 3 is 2.50 bits per heavy atom. The van der Waals surface area contributed by atoms with Crippen LogP contribution < -0.4 is 10.1 Å². The number of nitrogens with one attached hydrogen (secondary N) is 1. The van der Waals surface area contributed by atoms with E-state index in [0.29, 0.717) is 18.7 Å². The Labute approximate surface area is 142 Å². The molecule has 0 heterocycles. The minimum atomic E-state index is -0.358. The number of benzene rings is 2. The van der Waals surface area contributed by atoms with E-state index < -0.39 is 0 Å². The Hall–Kier alpha value is -2.40. The number of amides is 1. The summed E-state index contributed by atoms with van der Waals surface area (Å²) in [7, 11) is 3.42. The van der Waals surface area contributed by atoms with Crippen molar-refractivity contribution in [2.75, 3.05) is 14.2 Å². The standard InChI is InChI=1S/C19H23FN2O2/c1-14(22(2)13-16-6-4-5-7-18(16)20)19(23)21-12-15-8-10-17(24-3)11-9-15/h4-11,14H,12-13H2,1-3H3,(H,21,23)/t14-/m0/s1. The second-order valence-electron chi connectivity index (χ2n) is 5.75. The average molecular weight is 330 g/mol. The van der Waals surface area contributed by atoms with E-state index in [-0.39, 0.29) is 17.8 Å². The summed E-state index contributed by atoms with van der Waals surface area (Å²) in [4.78, 5) is 14.1. The van der Waals surface area contributed by atoms with Crippen molar-refractivity contribution in [3.05, 3.63) is 65.5 Å². The van der Waals surface area contributed by atoms with Crippen molar-refractivity contribution >= 4 is 5.91 Å². The van der Waals surface area contributed by atoms with Crippen molar-refractivity contribution in [1.82, 2.24) is 10.2 Å². The molecule has 128 valence electrons. The van der Waals surface area contributed by atoms with Crippen LogP contribution in [0.15, 0.2) is 48.5 Å². The number of methoxy groups -OCH3 is 1. The molecule has 0 unspecified atom stereocenters. The van der Waals surface area contributed by atoms with Crippen molar-refractivity contribution < 1.29 is 13.9 Å². The number of carbonyl (C=O) groups is 1. The molecular formula is C19H23FN2O2. The fourth-order valence-electron chi connectivity index (χ4n) is 2.31. The van der Waals surface area contributed by atoms with Crippen LogP contribution in [-0.4, -0.2) is 31.0 Å². The predicted octanol–water partition coefficient (Wildman–Crippen LogP) is 2.97. The Morgan fingerprint density at radius 2 is 1.88 bits per heavy atom. The number of halogens is 1. The lowest BCUT2D eigenvalue weighted by molar-refractivity contribution is -0.125. The maximum atomic E-state index is 13.7. The molecule has 1 N–H and O–H groups in total. The molecule has 0 aromatic heterocycles. The van der Waals surface area contributed by atoms with Crippen LogP contribution in [-0.2, 0) is 17.9 Å². The molecule has 1 atom stereocenters. The quantitative estimate of drug-likeness (QED) is 0.849. The van der Waals surface area contributed by atoms with Crippen LogP contribution in [0, 0.1) is 5.82 Å². The number of hydrogen-bond acceptors (Lipinski definition) is 3. The molecule has 0 aliphatic carbocycles. The normalized spacial score (nSPS) is 12.0. The smallest absolute Gasteiger partial charge is 0.237 e. The number of hydrogen-bond donors (Lipinski definition) is 1. The number of rotatable bonds is 7. The van der Waals surface area contributed by atoms with Gasteiger partial charge in [0.25, 0.3) is 0 Å². The molecule has 24 heavy (non-hydrogen) atoms. The van der Waals surface area contributed by atoms with Crippen molar-refractivity contribution in [2.45, 2.75) is 26.1 Å². The van der Waals surface area contributed by atoms with Crippen LogP contribution in [0.5, 0.6) is 5.75 Å². The Morgan fingerprint density at radius 1 is 1.21 bits per heavy atom. The number of carbonyl (C=O) groups excluding carboxylic acids is 1. The summed E-state index contributed by atoms with van der Waals surface area (Å²) in [5, 5.41) is 2.90. The van der Waals surface area contributed by atoms with Crippen LogP contribution >= 0.6 is 0 Å². The number of likely N-dealkylation sites (N-methyl/N-ethyl adjacent to an activating group) is 1. The Kier molecular flexibility index (Phi) is 6.32. The first-order valence-electron chi connectivity index (χ1n) is 7.85. The summed E-state index contributed by atoms with van der Waals surface area (Å²) in [5.41, 5.74) is 1.57. The van der Waals surface area contributed by atoms with E-state index in [2.05, 4.69) is 5.32 Å². The van der Waals surface area contributed by atoms with E-state index in [4.69, 9.17) is 4.74 Å². The maximum Gasteiger partial charge on any atom is 0.237 e. The zero-order chi connectivity index (χ0) is 17.5. The van der Waals surface area contributed by atoms with Gasteiger partial charge in [-0.25, -0.2) is 4.39 Å². The molecule has 0 bridgehead atoms. The van der Waals surface area contributed by atoms with Gasteiger partial charge < -0.3 is 10.1 Å². The third kappa shape index (κ3) is 4.80. The van der Waals surface area contributed by atoms with E-state index in [0.717, 1.165) is 11.3 Å². The van der Waals surface area contributed by atoms with E-state index in [1.54, 1.807) is 25.3 Å². The van der Waals surface area contributed by atoms with Gasteiger partial charge in [-0.2, -0.15) is 0 Å². The van der Waals surface area contributed by atoms with Gasteiger partial charge in [-0.1, -0.05) is 30.3 Å². The molecular weight excluding hydrogens is 307 g/mol. The molecule has 2 aromatic carbocycles. The lowest BCUT2D eigenvalue weighted by atomic mass is 10.1. The summed E-state index contributed by atoms with van der Waals surface area (Å²) in [6.45, 7) is 2.63. The minimum Gasteiger partial charge on any atom is -0.497 e. The summed E-state index contributed by atoms with van der Waals surface area (Å²) >= 11 is 0. The second kappa shape index (κ2) is 8.45. The maximum absolute atomic E-state index is 13.7. The molecule has 0 saturated heterocycles. The lowest BCUT2D eigenvalue weighted by Crippen LogP contribution is -2.42. The first-order chi connectivity index (χ1) is 11.5. The molecule has 5 heteroatoms. The van der Waals surface area contributed by atoms with E-state index in [9.17, 15) is 9.18 Å². The Bertz CT molecular complexity index is 673. The van der Waals surface area contributed by atoms with Crippen LogP contribution in [0.4, 0.5) is 4.39 Å². The monoisotopic (exact) mass is 330 g/mol. The summed E-state index contributed by atoms with van der Waals surface area (Å²) in [6.07, 6.45) is 0. The fraction of sp³-hybridized carbons (Fsp3) is 0.316. The molecule has 1 amide bonds. The highest BCUT2D eigenvalue weighted by Gasteiger charge is 2.18. The molecule has 0 saturated carbocycles. The average Bonchev–Trinajstić information content (AvgIpc) is 2.61.